The molecule has 0 amide bonds. The Morgan fingerprint density at radius 2 is 2.46 bits per heavy atom. The van der Waals surface area contributed by atoms with Crippen LogP contribution in [0.3, 0.4) is 0 Å². The van der Waals surface area contributed by atoms with Crippen LogP contribution in [0.4, 0.5) is 0 Å². The van der Waals surface area contributed by atoms with E-state index in [1.807, 2.05) is 0 Å². The summed E-state index contributed by atoms with van der Waals surface area (Å²) in [4.78, 5) is 13.6. The van der Waals surface area contributed by atoms with E-state index in [4.69, 9.17) is 10.8 Å². The number of hydrogen-bond acceptors (Lipinski definition) is 3. The third-order valence-corrected chi connectivity index (χ3v) is 1.92. The minimum Gasteiger partial charge on any atom is -0.480 e. The summed E-state index contributed by atoms with van der Waals surface area (Å²) in [6, 6.07) is 2.22. The number of carboxylic acid groups (broad SMARTS) is 1. The van der Waals surface area contributed by atoms with E-state index < -0.39 is 18.1 Å². The van der Waals surface area contributed by atoms with Crippen molar-refractivity contribution in [1.82, 2.24) is 10.3 Å². The molecule has 0 aliphatic rings. The molecule has 5 nitrogen and oxygen atoms in total. The molecule has 0 bridgehead atoms. The van der Waals surface area contributed by atoms with Gasteiger partial charge in [-0.1, -0.05) is 0 Å². The Hall–Kier alpha value is -1.33. The fourth-order valence-electron chi connectivity index (χ4n) is 1.19. The SMILES string of the molecule is CNC(C(=O)O)C(N)c1ccc[nH]1. The molecule has 5 N–H and O–H groups in total. The third kappa shape index (κ3) is 2.07. The first-order chi connectivity index (χ1) is 6.16. The molecule has 0 fully saturated rings. The van der Waals surface area contributed by atoms with Gasteiger partial charge in [-0.2, -0.15) is 0 Å². The second-order valence-corrected chi connectivity index (χ2v) is 2.76. The summed E-state index contributed by atoms with van der Waals surface area (Å²) >= 11 is 0. The summed E-state index contributed by atoms with van der Waals surface area (Å²) < 4.78 is 0. The lowest BCUT2D eigenvalue weighted by atomic mass is 10.1. The van der Waals surface area contributed by atoms with Crippen molar-refractivity contribution in [1.29, 1.82) is 0 Å². The monoisotopic (exact) mass is 183 g/mol. The van der Waals surface area contributed by atoms with E-state index in [-0.39, 0.29) is 0 Å². The highest BCUT2D eigenvalue weighted by atomic mass is 16.4. The van der Waals surface area contributed by atoms with Crippen molar-refractivity contribution in [2.24, 2.45) is 5.73 Å². The van der Waals surface area contributed by atoms with Gasteiger partial charge in [0, 0.05) is 11.9 Å². The minimum atomic E-state index is -0.954. The number of rotatable bonds is 4. The van der Waals surface area contributed by atoms with Gasteiger partial charge < -0.3 is 21.1 Å². The number of aromatic amines is 1. The van der Waals surface area contributed by atoms with Crippen LogP contribution in [0.1, 0.15) is 11.7 Å². The van der Waals surface area contributed by atoms with Crippen LogP contribution >= 0.6 is 0 Å². The molecule has 0 saturated heterocycles. The largest absolute Gasteiger partial charge is 0.480 e. The van der Waals surface area contributed by atoms with Crippen LogP contribution in [0.2, 0.25) is 0 Å². The molecule has 1 aromatic rings. The van der Waals surface area contributed by atoms with Gasteiger partial charge in [0.1, 0.15) is 6.04 Å². The van der Waals surface area contributed by atoms with Gasteiger partial charge in [-0.15, -0.1) is 0 Å². The highest BCUT2D eigenvalue weighted by molar-refractivity contribution is 5.74. The molecular weight excluding hydrogens is 170 g/mol. The molecular formula is C8H13N3O2. The number of carboxylic acids is 1. The molecule has 1 rings (SSSR count). The molecule has 0 spiro atoms. The number of hydrogen-bond donors (Lipinski definition) is 4. The van der Waals surface area contributed by atoms with E-state index in [0.717, 1.165) is 0 Å². The van der Waals surface area contributed by atoms with Crippen molar-refractivity contribution < 1.29 is 9.90 Å². The smallest absolute Gasteiger partial charge is 0.322 e. The second-order valence-electron chi connectivity index (χ2n) is 2.76. The predicted octanol–water partition coefficient (Wildman–Crippen LogP) is -0.313. The molecule has 5 heteroatoms. The number of likely N-dealkylation sites (N-methyl/N-ethyl adjacent to an activating group) is 1. The van der Waals surface area contributed by atoms with Gasteiger partial charge in [0.2, 0.25) is 0 Å². The number of carbonyl (C=O) groups is 1. The van der Waals surface area contributed by atoms with E-state index in [2.05, 4.69) is 10.3 Å². The first-order valence-electron chi connectivity index (χ1n) is 3.95. The third-order valence-electron chi connectivity index (χ3n) is 1.92. The molecule has 2 atom stereocenters. The van der Waals surface area contributed by atoms with Gasteiger partial charge in [-0.25, -0.2) is 0 Å². The lowest BCUT2D eigenvalue weighted by Crippen LogP contribution is -2.43. The molecule has 0 aliphatic carbocycles. The lowest BCUT2D eigenvalue weighted by Gasteiger charge is -2.17. The molecule has 0 radical (unpaired) electrons. The minimum absolute atomic E-state index is 0.558. The van der Waals surface area contributed by atoms with E-state index in [1.165, 1.54) is 0 Å². The average molecular weight is 183 g/mol. The van der Waals surface area contributed by atoms with Crippen LogP contribution in [0.15, 0.2) is 18.3 Å². The first-order valence-corrected chi connectivity index (χ1v) is 3.95. The Bertz CT molecular complexity index is 271. The lowest BCUT2D eigenvalue weighted by molar-refractivity contribution is -0.139. The van der Waals surface area contributed by atoms with Crippen molar-refractivity contribution in [2.75, 3.05) is 7.05 Å². The maximum atomic E-state index is 10.7. The predicted molar refractivity (Wildman–Crippen MR) is 48.2 cm³/mol. The Balaban J connectivity index is 2.76. The number of nitrogens with two attached hydrogens (primary N) is 1. The highest BCUT2D eigenvalue weighted by Gasteiger charge is 2.24. The summed E-state index contributed by atoms with van der Waals surface area (Å²) in [5.41, 5.74) is 6.43. The van der Waals surface area contributed by atoms with Crippen molar-refractivity contribution in [3.63, 3.8) is 0 Å². The van der Waals surface area contributed by atoms with Crippen LogP contribution in [0, 0.1) is 0 Å². The topological polar surface area (TPSA) is 91.1 Å². The van der Waals surface area contributed by atoms with Crippen molar-refractivity contribution in [3.8, 4) is 0 Å². The molecule has 0 aromatic carbocycles. The van der Waals surface area contributed by atoms with E-state index >= 15 is 0 Å². The summed E-state index contributed by atoms with van der Waals surface area (Å²) in [5, 5.41) is 11.4. The van der Waals surface area contributed by atoms with Crippen LogP contribution in [-0.2, 0) is 4.79 Å². The van der Waals surface area contributed by atoms with Crippen LogP contribution in [0.25, 0.3) is 0 Å². The van der Waals surface area contributed by atoms with Gasteiger partial charge in [0.25, 0.3) is 0 Å². The summed E-state index contributed by atoms with van der Waals surface area (Å²) in [6.07, 6.45) is 1.71. The molecule has 0 saturated carbocycles. The van der Waals surface area contributed by atoms with Crippen molar-refractivity contribution >= 4 is 5.97 Å². The molecule has 2 unspecified atom stereocenters. The Kier molecular flexibility index (Phi) is 3.05. The average Bonchev–Trinajstić information content (AvgIpc) is 2.56. The normalized spacial score (nSPS) is 15.2. The van der Waals surface area contributed by atoms with Crippen molar-refractivity contribution in [2.45, 2.75) is 12.1 Å². The van der Waals surface area contributed by atoms with Gasteiger partial charge in [0.05, 0.1) is 6.04 Å². The first kappa shape index (κ1) is 9.76. The van der Waals surface area contributed by atoms with Gasteiger partial charge >= 0.3 is 5.97 Å². The fraction of sp³-hybridized carbons (Fsp3) is 0.375. The van der Waals surface area contributed by atoms with Crippen molar-refractivity contribution in [3.05, 3.63) is 24.0 Å². The zero-order chi connectivity index (χ0) is 9.84. The number of aliphatic carboxylic acids is 1. The number of aromatic nitrogens is 1. The maximum absolute atomic E-state index is 10.7. The molecule has 13 heavy (non-hydrogen) atoms. The van der Waals surface area contributed by atoms with E-state index in [1.54, 1.807) is 25.4 Å². The molecule has 0 aliphatic heterocycles. The summed E-state index contributed by atoms with van der Waals surface area (Å²) in [6.45, 7) is 0. The molecule has 72 valence electrons. The fourth-order valence-corrected chi connectivity index (χ4v) is 1.19. The van der Waals surface area contributed by atoms with Gasteiger partial charge in [0.15, 0.2) is 0 Å². The van der Waals surface area contributed by atoms with Crippen LogP contribution < -0.4 is 11.1 Å². The van der Waals surface area contributed by atoms with E-state index in [0.29, 0.717) is 5.69 Å². The molecule has 1 heterocycles. The quantitative estimate of drug-likeness (QED) is 0.515. The van der Waals surface area contributed by atoms with Crippen LogP contribution in [0.5, 0.6) is 0 Å². The Labute approximate surface area is 75.9 Å². The van der Waals surface area contributed by atoms with E-state index in [9.17, 15) is 4.79 Å². The zero-order valence-electron chi connectivity index (χ0n) is 7.32. The molecule has 1 aromatic heterocycles. The maximum Gasteiger partial charge on any atom is 0.322 e. The Morgan fingerprint density at radius 1 is 1.77 bits per heavy atom. The summed E-state index contributed by atoms with van der Waals surface area (Å²) in [5.74, 6) is -0.954. The van der Waals surface area contributed by atoms with Gasteiger partial charge in [-0.05, 0) is 19.2 Å². The number of nitrogens with one attached hydrogen (secondary N) is 2. The Morgan fingerprint density at radius 3 is 2.85 bits per heavy atom. The second kappa shape index (κ2) is 4.06. The number of H-pyrrole nitrogens is 1. The van der Waals surface area contributed by atoms with Crippen LogP contribution in [-0.4, -0.2) is 29.1 Å². The standard InChI is InChI=1S/C8H13N3O2/c1-10-7(8(12)13)6(9)5-3-2-4-11-5/h2-4,6-7,10-11H,9H2,1H3,(H,12,13). The van der Waals surface area contributed by atoms with Gasteiger partial charge in [-0.3, -0.25) is 4.79 Å². The summed E-state index contributed by atoms with van der Waals surface area (Å²) in [7, 11) is 1.57. The zero-order valence-corrected chi connectivity index (χ0v) is 7.32. The highest BCUT2D eigenvalue weighted by Crippen LogP contribution is 2.11.